The van der Waals surface area contributed by atoms with Gasteiger partial charge < -0.3 is 0 Å². The van der Waals surface area contributed by atoms with Gasteiger partial charge in [-0.2, -0.15) is 0 Å². The van der Waals surface area contributed by atoms with E-state index in [-0.39, 0.29) is 0 Å². The van der Waals surface area contributed by atoms with Gasteiger partial charge in [0.1, 0.15) is 5.69 Å². The molecule has 0 saturated carbocycles. The summed E-state index contributed by atoms with van der Waals surface area (Å²) in [4.78, 5) is 10.9. The van der Waals surface area contributed by atoms with Crippen molar-refractivity contribution >= 4 is 75.9 Å². The van der Waals surface area contributed by atoms with E-state index in [0.717, 1.165) is 44.5 Å². The molecule has 0 radical (unpaired) electrons. The lowest BCUT2D eigenvalue weighted by Crippen LogP contribution is -2.04. The smallest absolute Gasteiger partial charge is 0.165 e. The molecule has 206 valence electrons. The SMILES string of the molecule is c1ccc(-c2nc3c(ccc4ccccc43)nc2-n2c3ccc4cccc5c4c3c3c4c(ccc6cccc-5c64)ccc32)cc1. The van der Waals surface area contributed by atoms with Gasteiger partial charge in [0.25, 0.3) is 0 Å². The van der Waals surface area contributed by atoms with E-state index in [0.29, 0.717) is 0 Å². The molecule has 0 N–H and O–H groups in total. The molecule has 3 heteroatoms. The Balaban J connectivity index is 1.40. The summed E-state index contributed by atoms with van der Waals surface area (Å²) in [6.45, 7) is 0. The van der Waals surface area contributed by atoms with E-state index >= 15 is 0 Å². The fraction of sp³-hybridized carbons (Fsp3) is 0. The quantitative estimate of drug-likeness (QED) is 0.194. The molecule has 11 rings (SSSR count). The molecule has 2 heterocycles. The summed E-state index contributed by atoms with van der Waals surface area (Å²) in [6, 6.07) is 50.3. The molecule has 0 fully saturated rings. The highest BCUT2D eigenvalue weighted by Crippen LogP contribution is 2.50. The average molecular weight is 570 g/mol. The molecule has 45 heavy (non-hydrogen) atoms. The number of nitrogens with zero attached hydrogens (tertiary/aromatic N) is 3. The first-order valence-corrected chi connectivity index (χ1v) is 15.4. The molecule has 2 aromatic heterocycles. The first kappa shape index (κ1) is 23.4. The predicted octanol–water partition coefficient (Wildman–Crippen LogP) is 11.0. The van der Waals surface area contributed by atoms with Gasteiger partial charge in [0.2, 0.25) is 0 Å². The van der Waals surface area contributed by atoms with Crippen molar-refractivity contribution in [3.8, 4) is 28.2 Å². The minimum Gasteiger partial charge on any atom is -0.292 e. The summed E-state index contributed by atoms with van der Waals surface area (Å²) in [5, 5.41) is 12.6. The third-order valence-corrected chi connectivity index (χ3v) is 9.85. The molecule has 8 aromatic carbocycles. The van der Waals surface area contributed by atoms with Crippen molar-refractivity contribution in [2.24, 2.45) is 0 Å². The summed E-state index contributed by atoms with van der Waals surface area (Å²) in [7, 11) is 0. The van der Waals surface area contributed by atoms with Crippen LogP contribution >= 0.6 is 0 Å². The Morgan fingerprint density at radius 2 is 0.978 bits per heavy atom. The normalized spacial score (nSPS) is 12.4. The van der Waals surface area contributed by atoms with Crippen LogP contribution in [0.15, 0.2) is 140 Å². The van der Waals surface area contributed by atoms with Gasteiger partial charge in [-0.3, -0.25) is 4.57 Å². The third-order valence-electron chi connectivity index (χ3n) is 9.85. The Morgan fingerprint density at radius 3 is 1.73 bits per heavy atom. The van der Waals surface area contributed by atoms with Crippen molar-refractivity contribution in [2.45, 2.75) is 0 Å². The minimum absolute atomic E-state index is 0.848. The monoisotopic (exact) mass is 569 g/mol. The highest BCUT2D eigenvalue weighted by Gasteiger charge is 2.26. The zero-order chi connectivity index (χ0) is 29.2. The maximum Gasteiger partial charge on any atom is 0.165 e. The zero-order valence-electron chi connectivity index (χ0n) is 24.1. The molecule has 1 aliphatic carbocycles. The lowest BCUT2D eigenvalue weighted by atomic mass is 9.93. The Kier molecular flexibility index (Phi) is 4.32. The van der Waals surface area contributed by atoms with Crippen molar-refractivity contribution < 1.29 is 0 Å². The van der Waals surface area contributed by atoms with Gasteiger partial charge in [0.05, 0.1) is 22.1 Å². The Morgan fingerprint density at radius 1 is 0.400 bits per heavy atom. The van der Waals surface area contributed by atoms with Gasteiger partial charge in [0, 0.05) is 27.1 Å². The first-order valence-electron chi connectivity index (χ1n) is 15.4. The fourth-order valence-electron chi connectivity index (χ4n) is 7.96. The van der Waals surface area contributed by atoms with Crippen LogP contribution in [0.2, 0.25) is 0 Å². The van der Waals surface area contributed by atoms with E-state index in [9.17, 15) is 0 Å². The second-order valence-corrected chi connectivity index (χ2v) is 12.1. The van der Waals surface area contributed by atoms with Crippen molar-refractivity contribution in [2.75, 3.05) is 0 Å². The fourth-order valence-corrected chi connectivity index (χ4v) is 7.96. The van der Waals surface area contributed by atoms with Gasteiger partial charge in [-0.25, -0.2) is 9.97 Å². The van der Waals surface area contributed by atoms with Crippen molar-refractivity contribution in [3.05, 3.63) is 140 Å². The molecule has 0 spiro atoms. The summed E-state index contributed by atoms with van der Waals surface area (Å²) in [6.07, 6.45) is 0. The molecule has 0 amide bonds. The van der Waals surface area contributed by atoms with Gasteiger partial charge in [0.15, 0.2) is 5.82 Å². The summed E-state index contributed by atoms with van der Waals surface area (Å²) in [5.41, 5.74) is 8.62. The second kappa shape index (κ2) is 8.31. The third kappa shape index (κ3) is 2.95. The van der Waals surface area contributed by atoms with Crippen LogP contribution in [-0.4, -0.2) is 14.5 Å². The maximum atomic E-state index is 5.48. The van der Waals surface area contributed by atoms with Gasteiger partial charge in [-0.15, -0.1) is 0 Å². The van der Waals surface area contributed by atoms with E-state index in [1.165, 1.54) is 59.6 Å². The highest BCUT2D eigenvalue weighted by atomic mass is 15.1. The van der Waals surface area contributed by atoms with E-state index in [2.05, 4.69) is 144 Å². The summed E-state index contributed by atoms with van der Waals surface area (Å²) in [5.74, 6) is 0.848. The molecular weight excluding hydrogens is 546 g/mol. The van der Waals surface area contributed by atoms with Gasteiger partial charge in [-0.1, -0.05) is 121 Å². The Hall–Kier alpha value is -6.06. The van der Waals surface area contributed by atoms with Crippen LogP contribution in [0.3, 0.4) is 0 Å². The lowest BCUT2D eigenvalue weighted by molar-refractivity contribution is 1.08. The van der Waals surface area contributed by atoms with Crippen LogP contribution in [0, 0.1) is 0 Å². The number of hydrogen-bond acceptors (Lipinski definition) is 2. The summed E-state index contributed by atoms with van der Waals surface area (Å²) >= 11 is 0. The Bertz CT molecular complexity index is 2920. The molecule has 0 bridgehead atoms. The molecule has 3 nitrogen and oxygen atoms in total. The number of aromatic nitrogens is 3. The van der Waals surface area contributed by atoms with E-state index in [1.807, 2.05) is 0 Å². The van der Waals surface area contributed by atoms with Crippen LogP contribution in [0.25, 0.3) is 104 Å². The maximum absolute atomic E-state index is 5.48. The standard InChI is InChI=1S/C42H23N3/c1-2-9-28(10-3-1)40-42(43-32-21-18-24-8-4-5-13-29(24)41(32)44-40)45-33-22-19-26-12-7-15-31-30-14-6-11-25-16-17-27-20-23-34(45)39(37(27)35(25)30)38(33)36(26)31/h1-23H. The number of fused-ring (bicyclic) bond motifs is 4. The van der Waals surface area contributed by atoms with E-state index in [1.54, 1.807) is 0 Å². The van der Waals surface area contributed by atoms with E-state index in [4.69, 9.17) is 9.97 Å². The molecule has 0 unspecified atom stereocenters. The van der Waals surface area contributed by atoms with Gasteiger partial charge in [-0.05, 0) is 61.6 Å². The van der Waals surface area contributed by atoms with Crippen LogP contribution in [-0.2, 0) is 0 Å². The molecule has 0 atom stereocenters. The second-order valence-electron chi connectivity index (χ2n) is 12.1. The molecule has 10 aromatic rings. The van der Waals surface area contributed by atoms with Crippen molar-refractivity contribution in [1.82, 2.24) is 14.5 Å². The molecule has 1 aliphatic rings. The number of benzene rings is 8. The zero-order valence-corrected chi connectivity index (χ0v) is 24.1. The minimum atomic E-state index is 0.848. The lowest BCUT2D eigenvalue weighted by Gasteiger charge is -2.16. The van der Waals surface area contributed by atoms with E-state index < -0.39 is 0 Å². The van der Waals surface area contributed by atoms with Crippen molar-refractivity contribution in [1.29, 1.82) is 0 Å². The predicted molar refractivity (Wildman–Crippen MR) is 188 cm³/mol. The van der Waals surface area contributed by atoms with Crippen LogP contribution in [0.1, 0.15) is 0 Å². The number of rotatable bonds is 2. The van der Waals surface area contributed by atoms with Crippen LogP contribution in [0.4, 0.5) is 0 Å². The van der Waals surface area contributed by atoms with Crippen LogP contribution < -0.4 is 0 Å². The van der Waals surface area contributed by atoms with Crippen molar-refractivity contribution in [3.63, 3.8) is 0 Å². The van der Waals surface area contributed by atoms with Crippen LogP contribution in [0.5, 0.6) is 0 Å². The molecule has 0 aliphatic heterocycles. The topological polar surface area (TPSA) is 30.7 Å². The first-order chi connectivity index (χ1) is 22.3. The summed E-state index contributed by atoms with van der Waals surface area (Å²) < 4.78 is 2.37. The molecule has 0 saturated heterocycles. The molecular formula is C42H23N3. The number of hydrogen-bond donors (Lipinski definition) is 0. The largest absolute Gasteiger partial charge is 0.292 e. The van der Waals surface area contributed by atoms with Gasteiger partial charge >= 0.3 is 0 Å². The average Bonchev–Trinajstić information content (AvgIpc) is 3.38. The highest BCUT2D eigenvalue weighted by molar-refractivity contribution is 6.38. The Labute approximate surface area is 257 Å².